The summed E-state index contributed by atoms with van der Waals surface area (Å²) in [6.07, 6.45) is 7.37. The van der Waals surface area contributed by atoms with Crippen LogP contribution in [-0.2, 0) is 11.2 Å². The molecule has 1 aromatic carbocycles. The molecule has 1 aromatic heterocycles. The number of nitrogens with zero attached hydrogens (tertiary/aromatic N) is 1. The van der Waals surface area contributed by atoms with Crippen molar-refractivity contribution in [2.24, 2.45) is 0 Å². The zero-order valence-electron chi connectivity index (χ0n) is 14.3. The summed E-state index contributed by atoms with van der Waals surface area (Å²) in [5.74, 6) is 1.53. The highest BCUT2D eigenvalue weighted by Crippen LogP contribution is 2.41. The van der Waals surface area contributed by atoms with Gasteiger partial charge in [-0.1, -0.05) is 6.92 Å². The van der Waals surface area contributed by atoms with Crippen molar-refractivity contribution >= 4 is 5.91 Å². The topological polar surface area (TPSA) is 51.2 Å². The van der Waals surface area contributed by atoms with E-state index in [-0.39, 0.29) is 5.91 Å². The molecule has 1 aliphatic rings. The quantitative estimate of drug-likeness (QED) is 0.881. The summed E-state index contributed by atoms with van der Waals surface area (Å²) in [5, 5.41) is 2.98. The van der Waals surface area contributed by atoms with Gasteiger partial charge in [0, 0.05) is 30.9 Å². The standard InChI is InChI=1S/C20H24N2O2/c1-3-20(23)22-11-8-14-4-5-16-12-18(15-6-9-21-10-7-15)19(24-2)13-17(14)16/h6-7,9-10,12-14H,3-5,8,11H2,1-2H3,(H,22,23). The molecule has 1 amide bonds. The molecule has 0 bridgehead atoms. The third-order valence-electron chi connectivity index (χ3n) is 4.79. The van der Waals surface area contributed by atoms with Crippen LogP contribution in [0.25, 0.3) is 11.1 Å². The first-order chi connectivity index (χ1) is 11.7. The molecule has 1 unspecified atom stereocenters. The van der Waals surface area contributed by atoms with Crippen molar-refractivity contribution in [3.05, 3.63) is 47.8 Å². The van der Waals surface area contributed by atoms with Gasteiger partial charge in [-0.2, -0.15) is 0 Å². The Morgan fingerprint density at radius 3 is 2.83 bits per heavy atom. The summed E-state index contributed by atoms with van der Waals surface area (Å²) >= 11 is 0. The summed E-state index contributed by atoms with van der Waals surface area (Å²) in [5.41, 5.74) is 5.02. The number of hydrogen-bond acceptors (Lipinski definition) is 3. The van der Waals surface area contributed by atoms with Gasteiger partial charge in [-0.05, 0) is 66.1 Å². The lowest BCUT2D eigenvalue weighted by molar-refractivity contribution is -0.120. The monoisotopic (exact) mass is 324 g/mol. The van der Waals surface area contributed by atoms with E-state index < -0.39 is 0 Å². The van der Waals surface area contributed by atoms with Crippen molar-refractivity contribution in [1.29, 1.82) is 0 Å². The van der Waals surface area contributed by atoms with E-state index in [1.807, 2.05) is 19.1 Å². The summed E-state index contributed by atoms with van der Waals surface area (Å²) in [7, 11) is 1.72. The minimum atomic E-state index is 0.124. The van der Waals surface area contributed by atoms with Crippen molar-refractivity contribution in [2.45, 2.75) is 38.5 Å². The van der Waals surface area contributed by atoms with Gasteiger partial charge in [0.15, 0.2) is 0 Å². The van der Waals surface area contributed by atoms with Crippen LogP contribution < -0.4 is 10.1 Å². The number of carbonyl (C=O) groups is 1. The van der Waals surface area contributed by atoms with Crippen molar-refractivity contribution < 1.29 is 9.53 Å². The second-order valence-corrected chi connectivity index (χ2v) is 6.21. The lowest BCUT2D eigenvalue weighted by Crippen LogP contribution is -2.24. The van der Waals surface area contributed by atoms with Crippen LogP contribution in [0.15, 0.2) is 36.7 Å². The van der Waals surface area contributed by atoms with E-state index in [1.54, 1.807) is 19.5 Å². The number of aromatic nitrogens is 1. The van der Waals surface area contributed by atoms with Crippen molar-refractivity contribution in [1.82, 2.24) is 10.3 Å². The van der Waals surface area contributed by atoms with Gasteiger partial charge in [0.2, 0.25) is 5.91 Å². The number of amides is 1. The minimum absolute atomic E-state index is 0.124. The highest BCUT2D eigenvalue weighted by Gasteiger charge is 2.24. The maximum atomic E-state index is 11.4. The summed E-state index contributed by atoms with van der Waals surface area (Å²) < 4.78 is 5.64. The highest BCUT2D eigenvalue weighted by atomic mass is 16.5. The number of carbonyl (C=O) groups excluding carboxylic acids is 1. The Kier molecular flexibility index (Phi) is 5.14. The molecule has 0 radical (unpaired) electrons. The maximum Gasteiger partial charge on any atom is 0.219 e. The number of benzene rings is 1. The number of ether oxygens (including phenoxy) is 1. The first kappa shape index (κ1) is 16.5. The number of aryl methyl sites for hydroxylation is 1. The normalized spacial score (nSPS) is 15.8. The van der Waals surface area contributed by atoms with Crippen molar-refractivity contribution in [3.8, 4) is 16.9 Å². The Morgan fingerprint density at radius 2 is 2.12 bits per heavy atom. The Morgan fingerprint density at radius 1 is 1.33 bits per heavy atom. The van der Waals surface area contributed by atoms with Crippen LogP contribution in [0.5, 0.6) is 5.75 Å². The number of pyridine rings is 1. The molecule has 24 heavy (non-hydrogen) atoms. The molecule has 4 heteroatoms. The number of methoxy groups -OCH3 is 1. The molecule has 4 nitrogen and oxygen atoms in total. The molecular formula is C20H24N2O2. The van der Waals surface area contributed by atoms with E-state index in [2.05, 4.69) is 22.4 Å². The van der Waals surface area contributed by atoms with Crippen LogP contribution >= 0.6 is 0 Å². The lowest BCUT2D eigenvalue weighted by atomic mass is 9.94. The Labute approximate surface area is 143 Å². The molecule has 0 spiro atoms. The van der Waals surface area contributed by atoms with Crippen LogP contribution in [0.4, 0.5) is 0 Å². The van der Waals surface area contributed by atoms with Gasteiger partial charge >= 0.3 is 0 Å². The van der Waals surface area contributed by atoms with Crippen molar-refractivity contribution in [2.75, 3.05) is 13.7 Å². The molecule has 1 aliphatic carbocycles. The third-order valence-corrected chi connectivity index (χ3v) is 4.79. The maximum absolute atomic E-state index is 11.4. The summed E-state index contributed by atoms with van der Waals surface area (Å²) in [4.78, 5) is 15.5. The van der Waals surface area contributed by atoms with Crippen LogP contribution in [0, 0.1) is 0 Å². The molecule has 1 heterocycles. The van der Waals surface area contributed by atoms with Gasteiger partial charge in [-0.15, -0.1) is 0 Å². The highest BCUT2D eigenvalue weighted by molar-refractivity contribution is 5.75. The fourth-order valence-electron chi connectivity index (χ4n) is 3.46. The van der Waals surface area contributed by atoms with Crippen LogP contribution in [0.1, 0.15) is 43.2 Å². The first-order valence-corrected chi connectivity index (χ1v) is 8.60. The predicted octanol–water partition coefficient (Wildman–Crippen LogP) is 3.70. The van der Waals surface area contributed by atoms with Crippen LogP contribution in [-0.4, -0.2) is 24.5 Å². The van der Waals surface area contributed by atoms with Crippen LogP contribution in [0.2, 0.25) is 0 Å². The van der Waals surface area contributed by atoms with Gasteiger partial charge in [-0.25, -0.2) is 0 Å². The Bertz CT molecular complexity index is 713. The van der Waals surface area contributed by atoms with E-state index >= 15 is 0 Å². The SMILES string of the molecule is CCC(=O)NCCC1CCc2cc(-c3ccncc3)c(OC)cc21. The number of hydrogen-bond donors (Lipinski definition) is 1. The molecule has 0 fully saturated rings. The number of rotatable bonds is 6. The molecule has 1 N–H and O–H groups in total. The largest absolute Gasteiger partial charge is 0.496 e. The summed E-state index contributed by atoms with van der Waals surface area (Å²) in [6.45, 7) is 2.62. The minimum Gasteiger partial charge on any atom is -0.496 e. The summed E-state index contributed by atoms with van der Waals surface area (Å²) in [6, 6.07) is 8.46. The van der Waals surface area contributed by atoms with Gasteiger partial charge in [-0.3, -0.25) is 9.78 Å². The molecule has 2 aromatic rings. The van der Waals surface area contributed by atoms with Crippen LogP contribution in [0.3, 0.4) is 0 Å². The average Bonchev–Trinajstić information content (AvgIpc) is 3.03. The van der Waals surface area contributed by atoms with Gasteiger partial charge in [0.1, 0.15) is 5.75 Å². The van der Waals surface area contributed by atoms with Gasteiger partial charge in [0.25, 0.3) is 0 Å². The van der Waals surface area contributed by atoms with E-state index in [9.17, 15) is 4.79 Å². The Balaban J connectivity index is 1.81. The predicted molar refractivity (Wildman–Crippen MR) is 95.2 cm³/mol. The second-order valence-electron chi connectivity index (χ2n) is 6.21. The fraction of sp³-hybridized carbons (Fsp3) is 0.400. The smallest absolute Gasteiger partial charge is 0.219 e. The van der Waals surface area contributed by atoms with Crippen molar-refractivity contribution in [3.63, 3.8) is 0 Å². The third kappa shape index (κ3) is 3.42. The zero-order chi connectivity index (χ0) is 16.9. The van der Waals surface area contributed by atoms with Gasteiger partial charge in [0.05, 0.1) is 7.11 Å². The van der Waals surface area contributed by atoms with E-state index in [0.29, 0.717) is 12.3 Å². The number of fused-ring (bicyclic) bond motifs is 1. The fourth-order valence-corrected chi connectivity index (χ4v) is 3.46. The molecular weight excluding hydrogens is 300 g/mol. The average molecular weight is 324 g/mol. The zero-order valence-corrected chi connectivity index (χ0v) is 14.3. The molecule has 1 atom stereocenters. The number of nitrogens with one attached hydrogen (secondary N) is 1. The second kappa shape index (κ2) is 7.47. The molecule has 0 aliphatic heterocycles. The van der Waals surface area contributed by atoms with Gasteiger partial charge < -0.3 is 10.1 Å². The first-order valence-electron chi connectivity index (χ1n) is 8.60. The molecule has 0 saturated heterocycles. The Hall–Kier alpha value is -2.36. The lowest BCUT2D eigenvalue weighted by Gasteiger charge is -2.16. The van der Waals surface area contributed by atoms with E-state index in [4.69, 9.17) is 4.74 Å². The van der Waals surface area contributed by atoms with E-state index in [1.165, 1.54) is 11.1 Å². The van der Waals surface area contributed by atoms with E-state index in [0.717, 1.165) is 42.7 Å². The molecule has 0 saturated carbocycles. The molecule has 3 rings (SSSR count). The molecule has 126 valence electrons.